The first-order valence-corrected chi connectivity index (χ1v) is 11.9. The Balaban J connectivity index is 1.52. The molecule has 0 saturated heterocycles. The van der Waals surface area contributed by atoms with Crippen molar-refractivity contribution in [3.8, 4) is 11.5 Å². The Hall–Kier alpha value is -4.72. The number of nitrogens with one attached hydrogen (secondary N) is 1. The fourth-order valence-electron chi connectivity index (χ4n) is 3.77. The van der Waals surface area contributed by atoms with Crippen LogP contribution in [0.5, 0.6) is 11.5 Å². The van der Waals surface area contributed by atoms with Gasteiger partial charge in [-0.1, -0.05) is 66.7 Å². The largest absolute Gasteiger partial charge is 0.485 e. The van der Waals surface area contributed by atoms with E-state index in [1.165, 1.54) is 0 Å². The molecule has 4 aromatic rings. The first kappa shape index (κ1) is 26.3. The molecule has 194 valence electrons. The van der Waals surface area contributed by atoms with E-state index < -0.39 is 29.5 Å². The van der Waals surface area contributed by atoms with Crippen molar-refractivity contribution in [2.75, 3.05) is 0 Å². The standard InChI is InChI=1S/C30H26F2N2O4/c31-24-15-23(16-25(32)17-24)30(36)34-26(29(33)35)13-22-11-12-27(37-18-20-7-3-1-4-8-20)28(14-22)38-19-21-9-5-2-6-10-21/h1-12,14-17,26H,13,18-19H2,(H2,33,35)(H,34,36)/t26-/m1/s1. The second-order valence-corrected chi connectivity index (χ2v) is 8.62. The van der Waals surface area contributed by atoms with Crippen LogP contribution in [-0.2, 0) is 24.4 Å². The number of carbonyl (C=O) groups excluding carboxylic acids is 2. The summed E-state index contributed by atoms with van der Waals surface area (Å²) in [7, 11) is 0. The SMILES string of the molecule is NC(=O)[C@@H](Cc1ccc(OCc2ccccc2)c(OCc2ccccc2)c1)NC(=O)c1cc(F)cc(F)c1. The van der Waals surface area contributed by atoms with Crippen LogP contribution in [0, 0.1) is 11.6 Å². The van der Waals surface area contributed by atoms with E-state index in [-0.39, 0.29) is 18.6 Å². The maximum Gasteiger partial charge on any atom is 0.252 e. The fourth-order valence-corrected chi connectivity index (χ4v) is 3.77. The topological polar surface area (TPSA) is 90.7 Å². The molecule has 0 fully saturated rings. The summed E-state index contributed by atoms with van der Waals surface area (Å²) < 4.78 is 39.2. The summed E-state index contributed by atoms with van der Waals surface area (Å²) >= 11 is 0. The van der Waals surface area contributed by atoms with Gasteiger partial charge in [-0.15, -0.1) is 0 Å². The molecule has 8 heteroatoms. The number of benzene rings is 4. The van der Waals surface area contributed by atoms with Gasteiger partial charge in [0.2, 0.25) is 5.91 Å². The number of primary amides is 1. The normalized spacial score (nSPS) is 11.4. The molecule has 0 radical (unpaired) electrons. The van der Waals surface area contributed by atoms with Crippen LogP contribution >= 0.6 is 0 Å². The average Bonchev–Trinajstić information content (AvgIpc) is 2.91. The van der Waals surface area contributed by atoms with Gasteiger partial charge < -0.3 is 20.5 Å². The lowest BCUT2D eigenvalue weighted by molar-refractivity contribution is -0.119. The monoisotopic (exact) mass is 516 g/mol. The number of carbonyl (C=O) groups is 2. The van der Waals surface area contributed by atoms with Crippen LogP contribution < -0.4 is 20.5 Å². The summed E-state index contributed by atoms with van der Waals surface area (Å²) in [6, 6.07) is 25.7. The van der Waals surface area contributed by atoms with Gasteiger partial charge in [-0.2, -0.15) is 0 Å². The van der Waals surface area contributed by atoms with Gasteiger partial charge in [-0.25, -0.2) is 8.78 Å². The number of amides is 2. The lowest BCUT2D eigenvalue weighted by Gasteiger charge is -2.18. The third-order valence-electron chi connectivity index (χ3n) is 5.70. The van der Waals surface area contributed by atoms with E-state index in [1.54, 1.807) is 18.2 Å². The van der Waals surface area contributed by atoms with Crippen LogP contribution in [-0.4, -0.2) is 17.9 Å². The highest BCUT2D eigenvalue weighted by Crippen LogP contribution is 2.30. The van der Waals surface area contributed by atoms with Gasteiger partial charge in [0.15, 0.2) is 11.5 Å². The Bertz CT molecular complexity index is 1380. The lowest BCUT2D eigenvalue weighted by Crippen LogP contribution is -2.45. The molecule has 0 aliphatic carbocycles. The molecule has 0 spiro atoms. The Morgan fingerprint density at radius 3 is 1.82 bits per heavy atom. The summed E-state index contributed by atoms with van der Waals surface area (Å²) in [5, 5.41) is 2.46. The van der Waals surface area contributed by atoms with Gasteiger partial charge in [0.25, 0.3) is 5.91 Å². The average molecular weight is 517 g/mol. The summed E-state index contributed by atoms with van der Waals surface area (Å²) in [4.78, 5) is 24.7. The third kappa shape index (κ3) is 7.39. The third-order valence-corrected chi connectivity index (χ3v) is 5.70. The molecule has 0 heterocycles. The molecule has 4 aromatic carbocycles. The molecule has 3 N–H and O–H groups in total. The van der Waals surface area contributed by atoms with Gasteiger partial charge in [0, 0.05) is 18.1 Å². The molecule has 1 atom stereocenters. The van der Waals surface area contributed by atoms with Gasteiger partial charge >= 0.3 is 0 Å². The number of halogens is 2. The van der Waals surface area contributed by atoms with Crippen molar-refractivity contribution in [3.63, 3.8) is 0 Å². The van der Waals surface area contributed by atoms with Crippen LogP contribution in [0.1, 0.15) is 27.0 Å². The van der Waals surface area contributed by atoms with Crippen LogP contribution in [0.2, 0.25) is 0 Å². The summed E-state index contributed by atoms with van der Waals surface area (Å²) in [6.45, 7) is 0.610. The molecule has 6 nitrogen and oxygen atoms in total. The number of rotatable bonds is 11. The first-order valence-electron chi connectivity index (χ1n) is 11.9. The Morgan fingerprint density at radius 2 is 1.26 bits per heavy atom. The van der Waals surface area contributed by atoms with E-state index in [0.29, 0.717) is 29.7 Å². The van der Waals surface area contributed by atoms with E-state index in [4.69, 9.17) is 15.2 Å². The highest BCUT2D eigenvalue weighted by Gasteiger charge is 2.21. The maximum atomic E-state index is 13.5. The quantitative estimate of drug-likeness (QED) is 0.295. The molecule has 38 heavy (non-hydrogen) atoms. The predicted octanol–water partition coefficient (Wildman–Crippen LogP) is 4.95. The minimum absolute atomic E-state index is 0.0273. The maximum absolute atomic E-state index is 13.5. The van der Waals surface area contributed by atoms with Crippen molar-refractivity contribution >= 4 is 11.8 Å². The van der Waals surface area contributed by atoms with Gasteiger partial charge in [0.05, 0.1) is 0 Å². The summed E-state index contributed by atoms with van der Waals surface area (Å²) in [6.07, 6.45) is 0.0273. The fraction of sp³-hybridized carbons (Fsp3) is 0.133. The highest BCUT2D eigenvalue weighted by molar-refractivity contribution is 5.97. The number of nitrogens with two attached hydrogens (primary N) is 1. The molecule has 0 aliphatic rings. The van der Waals surface area contributed by atoms with Crippen LogP contribution in [0.25, 0.3) is 0 Å². The molecule has 4 rings (SSSR count). The van der Waals surface area contributed by atoms with Gasteiger partial charge in [-0.3, -0.25) is 9.59 Å². The lowest BCUT2D eigenvalue weighted by atomic mass is 10.0. The van der Waals surface area contributed by atoms with Crippen molar-refractivity contribution in [1.29, 1.82) is 0 Å². The predicted molar refractivity (Wildman–Crippen MR) is 139 cm³/mol. The zero-order valence-electron chi connectivity index (χ0n) is 20.4. The van der Waals surface area contributed by atoms with Gasteiger partial charge in [0.1, 0.15) is 30.9 Å². The van der Waals surface area contributed by atoms with Crippen LogP contribution in [0.4, 0.5) is 8.78 Å². The zero-order valence-corrected chi connectivity index (χ0v) is 20.4. The van der Waals surface area contributed by atoms with E-state index in [1.807, 2.05) is 60.7 Å². The molecule has 0 saturated carbocycles. The van der Waals surface area contributed by atoms with Crippen molar-refractivity contribution in [1.82, 2.24) is 5.32 Å². The molecule has 0 aromatic heterocycles. The van der Waals surface area contributed by atoms with Crippen molar-refractivity contribution in [2.24, 2.45) is 5.73 Å². The highest BCUT2D eigenvalue weighted by atomic mass is 19.1. The summed E-state index contributed by atoms with van der Waals surface area (Å²) in [5.74, 6) is -2.48. The van der Waals surface area contributed by atoms with E-state index in [2.05, 4.69) is 5.32 Å². The minimum atomic E-state index is -1.13. The Morgan fingerprint density at radius 1 is 0.711 bits per heavy atom. The number of hydrogen-bond acceptors (Lipinski definition) is 4. The molecule has 0 aliphatic heterocycles. The van der Waals surface area contributed by atoms with Crippen LogP contribution in [0.3, 0.4) is 0 Å². The van der Waals surface area contributed by atoms with Crippen molar-refractivity contribution in [2.45, 2.75) is 25.7 Å². The number of hydrogen-bond donors (Lipinski definition) is 2. The van der Waals surface area contributed by atoms with Gasteiger partial charge in [-0.05, 0) is 41.0 Å². The van der Waals surface area contributed by atoms with Crippen molar-refractivity contribution in [3.05, 3.63) is 131 Å². The molecular formula is C30H26F2N2O4. The summed E-state index contributed by atoms with van der Waals surface area (Å²) in [5.41, 5.74) is 7.84. The Labute approximate surface area is 219 Å². The van der Waals surface area contributed by atoms with E-state index >= 15 is 0 Å². The van der Waals surface area contributed by atoms with E-state index in [9.17, 15) is 18.4 Å². The number of ether oxygens (including phenoxy) is 2. The molecule has 0 bridgehead atoms. The first-order chi connectivity index (χ1) is 18.4. The smallest absolute Gasteiger partial charge is 0.252 e. The second-order valence-electron chi connectivity index (χ2n) is 8.62. The Kier molecular flexibility index (Phi) is 8.66. The van der Waals surface area contributed by atoms with Crippen molar-refractivity contribution < 1.29 is 27.8 Å². The molecule has 2 amide bonds. The van der Waals surface area contributed by atoms with Crippen LogP contribution in [0.15, 0.2) is 97.1 Å². The zero-order chi connectivity index (χ0) is 26.9. The van der Waals surface area contributed by atoms with E-state index in [0.717, 1.165) is 23.3 Å². The second kappa shape index (κ2) is 12.5. The molecule has 0 unspecified atom stereocenters. The minimum Gasteiger partial charge on any atom is -0.485 e. The molecular weight excluding hydrogens is 490 g/mol.